The molecule has 2 bridgehead atoms. The van der Waals surface area contributed by atoms with Crippen LogP contribution in [-0.4, -0.2) is 5.78 Å². The standard InChI is InChI=1S/C15H10O2.C10H16O/c16-15-12-8-4-5-9-14(12)17-10-13(15)11-6-2-1-3-7-11;1-9(2)7-4-5-10(9,3)8(11)6-7/h1-10H;7H,4-6H2,1-3H3. The van der Waals surface area contributed by atoms with Crippen LogP contribution < -0.4 is 5.43 Å². The summed E-state index contributed by atoms with van der Waals surface area (Å²) in [5.74, 6) is 1.19. The lowest BCUT2D eigenvalue weighted by Gasteiger charge is -2.32. The van der Waals surface area contributed by atoms with E-state index in [9.17, 15) is 9.59 Å². The molecule has 5 rings (SSSR count). The first-order valence-electron chi connectivity index (χ1n) is 9.94. The summed E-state index contributed by atoms with van der Waals surface area (Å²) < 4.78 is 5.48. The van der Waals surface area contributed by atoms with Crippen molar-refractivity contribution in [3.8, 4) is 11.1 Å². The first-order valence-corrected chi connectivity index (χ1v) is 9.94. The van der Waals surface area contributed by atoms with E-state index in [0.717, 1.165) is 18.4 Å². The van der Waals surface area contributed by atoms with Crippen LogP contribution in [0.5, 0.6) is 0 Å². The Labute approximate surface area is 165 Å². The predicted molar refractivity (Wildman–Crippen MR) is 112 cm³/mol. The van der Waals surface area contributed by atoms with Gasteiger partial charge in [-0.05, 0) is 41.9 Å². The number of rotatable bonds is 1. The number of benzene rings is 2. The molecule has 2 aromatic carbocycles. The van der Waals surface area contributed by atoms with Crippen molar-refractivity contribution < 1.29 is 9.21 Å². The second kappa shape index (κ2) is 6.73. The third-order valence-corrected chi connectivity index (χ3v) is 7.25. The summed E-state index contributed by atoms with van der Waals surface area (Å²) in [6.45, 7) is 6.67. The van der Waals surface area contributed by atoms with E-state index in [-0.39, 0.29) is 16.3 Å². The van der Waals surface area contributed by atoms with Crippen LogP contribution in [0.3, 0.4) is 0 Å². The summed E-state index contributed by atoms with van der Waals surface area (Å²) in [6, 6.07) is 16.8. The smallest absolute Gasteiger partial charge is 0.200 e. The van der Waals surface area contributed by atoms with Crippen LogP contribution in [0, 0.1) is 16.7 Å². The molecular weight excluding hydrogens is 348 g/mol. The van der Waals surface area contributed by atoms with E-state index in [4.69, 9.17) is 4.42 Å². The Morgan fingerprint density at radius 1 is 0.929 bits per heavy atom. The minimum Gasteiger partial charge on any atom is -0.463 e. The quantitative estimate of drug-likeness (QED) is 0.536. The maximum absolute atomic E-state index is 12.3. The maximum atomic E-state index is 12.3. The highest BCUT2D eigenvalue weighted by atomic mass is 16.3. The summed E-state index contributed by atoms with van der Waals surface area (Å²) >= 11 is 0. The predicted octanol–water partition coefficient (Wildman–Crippen LogP) is 5.86. The van der Waals surface area contributed by atoms with Gasteiger partial charge in [0.15, 0.2) is 5.43 Å². The Hall–Kier alpha value is -2.68. The number of fused-ring (bicyclic) bond motifs is 3. The Morgan fingerprint density at radius 3 is 2.18 bits per heavy atom. The van der Waals surface area contributed by atoms with E-state index in [1.165, 1.54) is 12.7 Å². The Balaban J connectivity index is 0.000000151. The molecule has 3 aromatic rings. The molecule has 2 saturated carbocycles. The molecule has 2 unspecified atom stereocenters. The normalized spacial score (nSPS) is 24.8. The third kappa shape index (κ3) is 2.81. The van der Waals surface area contributed by atoms with Gasteiger partial charge in [-0.3, -0.25) is 9.59 Å². The molecule has 0 saturated heterocycles. The van der Waals surface area contributed by atoms with Crippen molar-refractivity contribution in [1.82, 2.24) is 0 Å². The van der Waals surface area contributed by atoms with Gasteiger partial charge in [0.1, 0.15) is 17.6 Å². The molecule has 2 fully saturated rings. The van der Waals surface area contributed by atoms with Gasteiger partial charge < -0.3 is 4.42 Å². The molecule has 3 heteroatoms. The van der Waals surface area contributed by atoms with Crippen LogP contribution in [0.15, 0.2) is 70.1 Å². The van der Waals surface area contributed by atoms with E-state index >= 15 is 0 Å². The van der Waals surface area contributed by atoms with Crippen molar-refractivity contribution in [3.63, 3.8) is 0 Å². The minimum atomic E-state index is 0.0121. The van der Waals surface area contributed by atoms with Gasteiger partial charge in [0.05, 0.1) is 10.9 Å². The van der Waals surface area contributed by atoms with Gasteiger partial charge in [0, 0.05) is 11.8 Å². The van der Waals surface area contributed by atoms with Gasteiger partial charge in [-0.15, -0.1) is 0 Å². The number of para-hydroxylation sites is 1. The van der Waals surface area contributed by atoms with E-state index in [2.05, 4.69) is 20.8 Å². The van der Waals surface area contributed by atoms with Crippen molar-refractivity contribution in [2.45, 2.75) is 40.0 Å². The van der Waals surface area contributed by atoms with Gasteiger partial charge >= 0.3 is 0 Å². The van der Waals surface area contributed by atoms with Crippen LogP contribution in [0.25, 0.3) is 22.1 Å². The molecule has 3 nitrogen and oxygen atoms in total. The molecule has 1 aromatic heterocycles. The zero-order valence-corrected chi connectivity index (χ0v) is 16.7. The Kier molecular flexibility index (Phi) is 4.49. The lowest BCUT2D eigenvalue weighted by molar-refractivity contribution is -0.128. The van der Waals surface area contributed by atoms with Gasteiger partial charge in [0.2, 0.25) is 0 Å². The molecule has 0 spiro atoms. The van der Waals surface area contributed by atoms with Gasteiger partial charge in [-0.25, -0.2) is 0 Å². The number of hydrogen-bond donors (Lipinski definition) is 0. The number of hydrogen-bond acceptors (Lipinski definition) is 3. The number of carbonyl (C=O) groups excluding carboxylic acids is 1. The maximum Gasteiger partial charge on any atom is 0.200 e. The average molecular weight is 374 g/mol. The number of carbonyl (C=O) groups is 1. The van der Waals surface area contributed by atoms with Crippen LogP contribution in [-0.2, 0) is 4.79 Å². The molecule has 0 N–H and O–H groups in total. The minimum absolute atomic E-state index is 0.0121. The highest BCUT2D eigenvalue weighted by molar-refractivity contribution is 5.89. The first-order chi connectivity index (χ1) is 13.3. The summed E-state index contributed by atoms with van der Waals surface area (Å²) in [5.41, 5.74) is 2.42. The fourth-order valence-corrected chi connectivity index (χ4v) is 4.80. The molecule has 2 atom stereocenters. The average Bonchev–Trinajstić information content (AvgIpc) is 3.03. The van der Waals surface area contributed by atoms with Gasteiger partial charge in [-0.1, -0.05) is 63.2 Å². The van der Waals surface area contributed by atoms with Crippen molar-refractivity contribution in [1.29, 1.82) is 0 Å². The van der Waals surface area contributed by atoms with Crippen LogP contribution in [0.4, 0.5) is 0 Å². The van der Waals surface area contributed by atoms with Gasteiger partial charge in [-0.2, -0.15) is 0 Å². The molecule has 144 valence electrons. The molecule has 2 aliphatic carbocycles. The summed E-state index contributed by atoms with van der Waals surface area (Å²) in [5, 5.41) is 0.619. The lowest BCUT2D eigenvalue weighted by Crippen LogP contribution is -2.32. The van der Waals surface area contributed by atoms with Crippen molar-refractivity contribution >= 4 is 16.8 Å². The van der Waals surface area contributed by atoms with Crippen molar-refractivity contribution in [2.75, 3.05) is 0 Å². The SMILES string of the molecule is CC12CCC(CC1=O)C2(C)C.O=c1c(-c2ccccc2)coc2ccccc12. The number of ketones is 1. The molecule has 0 aliphatic heterocycles. The van der Waals surface area contributed by atoms with Crippen molar-refractivity contribution in [2.24, 2.45) is 16.7 Å². The lowest BCUT2D eigenvalue weighted by atomic mass is 9.70. The van der Waals surface area contributed by atoms with Crippen LogP contribution in [0.1, 0.15) is 40.0 Å². The van der Waals surface area contributed by atoms with Gasteiger partial charge in [0.25, 0.3) is 0 Å². The fourth-order valence-electron chi connectivity index (χ4n) is 4.80. The highest BCUT2D eigenvalue weighted by Crippen LogP contribution is 2.63. The molecular formula is C25H26O3. The van der Waals surface area contributed by atoms with Crippen LogP contribution >= 0.6 is 0 Å². The third-order valence-electron chi connectivity index (χ3n) is 7.25. The molecule has 0 radical (unpaired) electrons. The zero-order chi connectivity index (χ0) is 19.9. The zero-order valence-electron chi connectivity index (χ0n) is 16.7. The Bertz CT molecular complexity index is 1080. The highest BCUT2D eigenvalue weighted by Gasteiger charge is 2.61. The summed E-state index contributed by atoms with van der Waals surface area (Å²) in [4.78, 5) is 23.8. The molecule has 28 heavy (non-hydrogen) atoms. The molecule has 1 heterocycles. The van der Waals surface area contributed by atoms with E-state index in [0.29, 0.717) is 28.2 Å². The largest absolute Gasteiger partial charge is 0.463 e. The van der Waals surface area contributed by atoms with E-state index in [1.807, 2.05) is 42.5 Å². The molecule has 0 amide bonds. The second-order valence-corrected chi connectivity index (χ2v) is 8.76. The van der Waals surface area contributed by atoms with E-state index in [1.54, 1.807) is 12.1 Å². The summed E-state index contributed by atoms with van der Waals surface area (Å²) in [7, 11) is 0. The molecule has 2 aliphatic rings. The van der Waals surface area contributed by atoms with Crippen molar-refractivity contribution in [3.05, 3.63) is 71.1 Å². The summed E-state index contributed by atoms with van der Waals surface area (Å²) in [6.07, 6.45) is 4.78. The monoisotopic (exact) mass is 374 g/mol. The number of Topliss-reactive ketones (excluding diaryl/α,β-unsaturated/α-hetero) is 1. The fraction of sp³-hybridized carbons (Fsp3) is 0.360. The topological polar surface area (TPSA) is 47.3 Å². The second-order valence-electron chi connectivity index (χ2n) is 8.76. The Morgan fingerprint density at radius 2 is 1.61 bits per heavy atom. The van der Waals surface area contributed by atoms with Crippen LogP contribution in [0.2, 0.25) is 0 Å². The van der Waals surface area contributed by atoms with E-state index < -0.39 is 0 Å². The first kappa shape index (κ1) is 18.7.